The summed E-state index contributed by atoms with van der Waals surface area (Å²) in [5.41, 5.74) is 1.65. The minimum absolute atomic E-state index is 0.0805. The number of nitrogens with one attached hydrogen (secondary N) is 2. The number of benzene rings is 2. The van der Waals surface area contributed by atoms with Crippen LogP contribution in [-0.2, 0) is 4.79 Å². The van der Waals surface area contributed by atoms with Crippen LogP contribution < -0.4 is 24.8 Å². The maximum Gasteiger partial charge on any atom is 0.263 e. The lowest BCUT2D eigenvalue weighted by Gasteiger charge is -2.19. The molecule has 7 heteroatoms. The Morgan fingerprint density at radius 3 is 2.54 bits per heavy atom. The van der Waals surface area contributed by atoms with Crippen molar-refractivity contribution < 1.29 is 19.0 Å². The zero-order chi connectivity index (χ0) is 19.2. The largest absolute Gasteiger partial charge is 0.486 e. The summed E-state index contributed by atoms with van der Waals surface area (Å²) in [5, 5.41) is 5.95. The van der Waals surface area contributed by atoms with Gasteiger partial charge in [0.25, 0.3) is 5.91 Å². The number of pyridine rings is 1. The molecule has 1 aliphatic heterocycles. The number of carbonyl (C=O) groups excluding carboxylic acids is 1. The smallest absolute Gasteiger partial charge is 0.263 e. The van der Waals surface area contributed by atoms with Crippen LogP contribution in [-0.4, -0.2) is 30.7 Å². The zero-order valence-electron chi connectivity index (χ0n) is 15.1. The van der Waals surface area contributed by atoms with E-state index in [9.17, 15) is 4.79 Å². The SMILES string of the molecule is O=C(COc1ccccc1)Nc1ccc(Nc2ccc3c(c2)OCCO3)cn1. The monoisotopic (exact) mass is 377 g/mol. The Balaban J connectivity index is 1.31. The maximum absolute atomic E-state index is 12.0. The van der Waals surface area contributed by atoms with Crippen LogP contribution in [0, 0.1) is 0 Å². The van der Waals surface area contributed by atoms with Crippen molar-refractivity contribution in [1.29, 1.82) is 0 Å². The molecule has 0 aliphatic carbocycles. The van der Waals surface area contributed by atoms with Gasteiger partial charge in [0.15, 0.2) is 18.1 Å². The van der Waals surface area contributed by atoms with Crippen molar-refractivity contribution >= 4 is 23.1 Å². The van der Waals surface area contributed by atoms with Gasteiger partial charge >= 0.3 is 0 Å². The van der Waals surface area contributed by atoms with Crippen LogP contribution in [0.25, 0.3) is 0 Å². The summed E-state index contributed by atoms with van der Waals surface area (Å²) in [7, 11) is 0. The molecule has 2 heterocycles. The normalized spacial score (nSPS) is 12.1. The highest BCUT2D eigenvalue weighted by Gasteiger charge is 2.12. The highest BCUT2D eigenvalue weighted by Crippen LogP contribution is 2.33. The Hall–Kier alpha value is -3.74. The summed E-state index contributed by atoms with van der Waals surface area (Å²) in [4.78, 5) is 16.2. The minimum atomic E-state index is -0.274. The first kappa shape index (κ1) is 17.7. The highest BCUT2D eigenvalue weighted by molar-refractivity contribution is 5.91. The van der Waals surface area contributed by atoms with Gasteiger partial charge in [-0.25, -0.2) is 4.98 Å². The fraction of sp³-hybridized carbons (Fsp3) is 0.143. The molecule has 1 aliphatic rings. The Morgan fingerprint density at radius 2 is 1.75 bits per heavy atom. The number of anilines is 3. The summed E-state index contributed by atoms with van der Waals surface area (Å²) in [6, 6.07) is 18.4. The van der Waals surface area contributed by atoms with Crippen LogP contribution >= 0.6 is 0 Å². The Kier molecular flexibility index (Phi) is 5.24. The number of aromatic nitrogens is 1. The van der Waals surface area contributed by atoms with Crippen molar-refractivity contribution in [2.24, 2.45) is 0 Å². The van der Waals surface area contributed by atoms with Crippen LogP contribution in [0.2, 0.25) is 0 Å². The van der Waals surface area contributed by atoms with Gasteiger partial charge in [-0.15, -0.1) is 0 Å². The zero-order valence-corrected chi connectivity index (χ0v) is 15.1. The number of nitrogens with zero attached hydrogens (tertiary/aromatic N) is 1. The standard InChI is InChI=1S/C21H19N3O4/c25-21(14-28-17-4-2-1-3-5-17)24-20-9-7-16(13-22-20)23-15-6-8-18-19(12-15)27-11-10-26-18/h1-9,12-13,23H,10-11,14H2,(H,22,24,25). The number of ether oxygens (including phenoxy) is 3. The molecular formula is C21H19N3O4. The summed E-state index contributed by atoms with van der Waals surface area (Å²) in [5.74, 6) is 2.28. The molecular weight excluding hydrogens is 358 g/mol. The molecule has 2 aromatic carbocycles. The number of carbonyl (C=O) groups is 1. The first-order valence-corrected chi connectivity index (χ1v) is 8.87. The lowest BCUT2D eigenvalue weighted by molar-refractivity contribution is -0.118. The summed E-state index contributed by atoms with van der Waals surface area (Å²) >= 11 is 0. The van der Waals surface area contributed by atoms with Crippen LogP contribution in [0.5, 0.6) is 17.2 Å². The number of hydrogen-bond donors (Lipinski definition) is 2. The second-order valence-corrected chi connectivity index (χ2v) is 6.07. The molecule has 0 unspecified atom stereocenters. The first-order valence-electron chi connectivity index (χ1n) is 8.87. The third kappa shape index (κ3) is 4.50. The van der Waals surface area contributed by atoms with Crippen molar-refractivity contribution in [2.75, 3.05) is 30.5 Å². The summed E-state index contributed by atoms with van der Waals surface area (Å²) in [6.45, 7) is 1.02. The average molecular weight is 377 g/mol. The molecule has 142 valence electrons. The molecule has 0 fully saturated rings. The molecule has 1 amide bonds. The van der Waals surface area contributed by atoms with Crippen molar-refractivity contribution in [2.45, 2.75) is 0 Å². The second kappa shape index (κ2) is 8.30. The predicted molar refractivity (Wildman–Crippen MR) is 106 cm³/mol. The summed E-state index contributed by atoms with van der Waals surface area (Å²) in [6.07, 6.45) is 1.64. The van der Waals surface area contributed by atoms with E-state index in [1.54, 1.807) is 24.4 Å². The third-order valence-electron chi connectivity index (χ3n) is 3.97. The predicted octanol–water partition coefficient (Wildman–Crippen LogP) is 3.61. The molecule has 2 N–H and O–H groups in total. The van der Waals surface area contributed by atoms with Crippen LogP contribution in [0.1, 0.15) is 0 Å². The van der Waals surface area contributed by atoms with E-state index in [0.29, 0.717) is 30.5 Å². The molecule has 0 saturated heterocycles. The van der Waals surface area contributed by atoms with Crippen molar-refractivity contribution in [3.05, 3.63) is 66.9 Å². The van der Waals surface area contributed by atoms with E-state index >= 15 is 0 Å². The molecule has 0 spiro atoms. The topological polar surface area (TPSA) is 81.7 Å². The Bertz CT molecular complexity index is 946. The van der Waals surface area contributed by atoms with Gasteiger partial charge in [-0.3, -0.25) is 4.79 Å². The lowest BCUT2D eigenvalue weighted by atomic mass is 10.2. The van der Waals surface area contributed by atoms with E-state index in [0.717, 1.165) is 17.1 Å². The van der Waals surface area contributed by atoms with E-state index in [4.69, 9.17) is 14.2 Å². The molecule has 1 aromatic heterocycles. The van der Waals surface area contributed by atoms with E-state index in [-0.39, 0.29) is 12.5 Å². The van der Waals surface area contributed by atoms with Crippen molar-refractivity contribution in [3.8, 4) is 17.2 Å². The molecule has 4 rings (SSSR count). The molecule has 0 atom stereocenters. The van der Waals surface area contributed by atoms with Crippen LogP contribution in [0.4, 0.5) is 17.2 Å². The number of para-hydroxylation sites is 1. The lowest BCUT2D eigenvalue weighted by Crippen LogP contribution is -2.20. The maximum atomic E-state index is 12.0. The van der Waals surface area contributed by atoms with Gasteiger partial charge in [-0.2, -0.15) is 0 Å². The van der Waals surface area contributed by atoms with E-state index in [1.807, 2.05) is 42.5 Å². The second-order valence-electron chi connectivity index (χ2n) is 6.07. The quantitative estimate of drug-likeness (QED) is 0.683. The van der Waals surface area contributed by atoms with Gasteiger partial charge in [0.1, 0.15) is 24.8 Å². The van der Waals surface area contributed by atoms with Gasteiger partial charge in [-0.05, 0) is 36.4 Å². The fourth-order valence-corrected chi connectivity index (χ4v) is 2.67. The van der Waals surface area contributed by atoms with Gasteiger partial charge in [0, 0.05) is 11.8 Å². The van der Waals surface area contributed by atoms with E-state index < -0.39 is 0 Å². The number of fused-ring (bicyclic) bond motifs is 1. The van der Waals surface area contributed by atoms with Gasteiger partial charge in [0.2, 0.25) is 0 Å². The van der Waals surface area contributed by atoms with Gasteiger partial charge in [-0.1, -0.05) is 18.2 Å². The van der Waals surface area contributed by atoms with Gasteiger partial charge < -0.3 is 24.8 Å². The number of hydrogen-bond acceptors (Lipinski definition) is 6. The average Bonchev–Trinajstić information content (AvgIpc) is 2.74. The molecule has 7 nitrogen and oxygen atoms in total. The molecule has 0 bridgehead atoms. The van der Waals surface area contributed by atoms with Crippen LogP contribution in [0.15, 0.2) is 66.9 Å². The molecule has 0 saturated carbocycles. The van der Waals surface area contributed by atoms with Crippen molar-refractivity contribution in [1.82, 2.24) is 4.98 Å². The Labute approximate surface area is 162 Å². The number of amides is 1. The Morgan fingerprint density at radius 1 is 0.964 bits per heavy atom. The van der Waals surface area contributed by atoms with Crippen LogP contribution in [0.3, 0.4) is 0 Å². The highest BCUT2D eigenvalue weighted by atomic mass is 16.6. The molecule has 0 radical (unpaired) electrons. The molecule has 3 aromatic rings. The van der Waals surface area contributed by atoms with Crippen molar-refractivity contribution in [3.63, 3.8) is 0 Å². The number of rotatable bonds is 6. The third-order valence-corrected chi connectivity index (χ3v) is 3.97. The van der Waals surface area contributed by atoms with E-state index in [1.165, 1.54) is 0 Å². The minimum Gasteiger partial charge on any atom is -0.486 e. The van der Waals surface area contributed by atoms with E-state index in [2.05, 4.69) is 15.6 Å². The summed E-state index contributed by atoms with van der Waals surface area (Å²) < 4.78 is 16.5. The molecule has 28 heavy (non-hydrogen) atoms. The van der Waals surface area contributed by atoms with Gasteiger partial charge in [0.05, 0.1) is 11.9 Å². The fourth-order valence-electron chi connectivity index (χ4n) is 2.67. The first-order chi connectivity index (χ1) is 13.8.